The minimum absolute atomic E-state index is 0.220. The van der Waals surface area contributed by atoms with Crippen molar-refractivity contribution in [2.45, 2.75) is 17.7 Å². The SMILES string of the molecule is C[n+]1c(C=C2Sc3ccc(-c4ccccc4)cc3N2CCCCS(=O)(=O)O)sc2ccc3ccccc3c21. The van der Waals surface area contributed by atoms with Crippen molar-refractivity contribution in [2.24, 2.45) is 7.05 Å². The second-order valence-corrected chi connectivity index (χ2v) is 13.1. The smallest absolute Gasteiger partial charge is 0.265 e. The fraction of sp³-hybridized carbons (Fsp3) is 0.167. The van der Waals surface area contributed by atoms with Crippen LogP contribution in [0.2, 0.25) is 0 Å². The van der Waals surface area contributed by atoms with Gasteiger partial charge in [0.1, 0.15) is 11.7 Å². The first kappa shape index (κ1) is 25.1. The molecular weight excluding hydrogens is 533 g/mol. The lowest BCUT2D eigenvalue weighted by Crippen LogP contribution is -2.29. The van der Waals surface area contributed by atoms with Gasteiger partial charge in [-0.25, -0.2) is 0 Å². The Bertz CT molecular complexity index is 1790. The highest BCUT2D eigenvalue weighted by Gasteiger charge is 2.28. The third-order valence-corrected chi connectivity index (χ3v) is 9.93. The summed E-state index contributed by atoms with van der Waals surface area (Å²) < 4.78 is 35.2. The van der Waals surface area contributed by atoms with Crippen LogP contribution < -0.4 is 9.47 Å². The topological polar surface area (TPSA) is 61.5 Å². The number of hydrogen-bond donors (Lipinski definition) is 1. The van der Waals surface area contributed by atoms with E-state index in [0.717, 1.165) is 26.9 Å². The molecule has 0 atom stereocenters. The van der Waals surface area contributed by atoms with Crippen molar-refractivity contribution in [3.05, 3.63) is 95.0 Å². The molecule has 0 saturated heterocycles. The van der Waals surface area contributed by atoms with Crippen LogP contribution in [0.15, 0.2) is 94.9 Å². The van der Waals surface area contributed by atoms with Gasteiger partial charge >= 0.3 is 0 Å². The van der Waals surface area contributed by atoms with Crippen LogP contribution in [-0.4, -0.2) is 25.3 Å². The van der Waals surface area contributed by atoms with Gasteiger partial charge in [0.05, 0.1) is 27.9 Å². The van der Waals surface area contributed by atoms with Gasteiger partial charge in [-0.05, 0) is 53.6 Å². The quantitative estimate of drug-likeness (QED) is 0.131. The number of thiazole rings is 1. The van der Waals surface area contributed by atoms with E-state index in [1.54, 1.807) is 23.1 Å². The van der Waals surface area contributed by atoms with Crippen molar-refractivity contribution in [3.63, 3.8) is 0 Å². The lowest BCUT2D eigenvalue weighted by molar-refractivity contribution is -0.641. The van der Waals surface area contributed by atoms with E-state index in [-0.39, 0.29) is 5.75 Å². The number of nitrogens with zero attached hydrogens (tertiary/aromatic N) is 2. The normalized spacial score (nSPS) is 14.6. The standard InChI is InChI=1S/C30H26N2O3S3/c1-31-28(37-27-16-13-22-11-5-6-12-24(22)30(27)31)20-29-32(17-7-8-18-38(33,34)35)25-19-23(14-15-26(25)36-29)21-9-3-2-4-10-21/h2-6,9-16,19-20H,7-8,17-18H2,1H3/p+1. The molecule has 2 heterocycles. The number of hydrogen-bond acceptors (Lipinski definition) is 5. The summed E-state index contributed by atoms with van der Waals surface area (Å²) in [6.45, 7) is 0.664. The second kappa shape index (κ2) is 10.2. The summed E-state index contributed by atoms with van der Waals surface area (Å²) >= 11 is 3.51. The second-order valence-electron chi connectivity index (χ2n) is 9.41. The van der Waals surface area contributed by atoms with E-state index in [0.29, 0.717) is 19.4 Å². The summed E-state index contributed by atoms with van der Waals surface area (Å²) in [5, 5.41) is 4.73. The number of fused-ring (bicyclic) bond motifs is 4. The van der Waals surface area contributed by atoms with Crippen molar-refractivity contribution in [3.8, 4) is 11.1 Å². The molecule has 0 unspecified atom stereocenters. The maximum absolute atomic E-state index is 11.3. The molecule has 0 spiro atoms. The maximum atomic E-state index is 11.3. The van der Waals surface area contributed by atoms with E-state index < -0.39 is 10.1 Å². The molecule has 1 aliphatic rings. The molecular formula is C30H27N2O3S3+. The zero-order chi connectivity index (χ0) is 26.3. The molecule has 8 heteroatoms. The highest BCUT2D eigenvalue weighted by atomic mass is 32.2. The van der Waals surface area contributed by atoms with Crippen LogP contribution >= 0.6 is 23.1 Å². The Morgan fingerprint density at radius 1 is 0.921 bits per heavy atom. The van der Waals surface area contributed by atoms with Crippen molar-refractivity contribution in [1.82, 2.24) is 0 Å². The van der Waals surface area contributed by atoms with E-state index in [1.807, 2.05) is 18.2 Å². The van der Waals surface area contributed by atoms with Crippen LogP contribution in [0.25, 0.3) is 38.2 Å². The highest BCUT2D eigenvalue weighted by Crippen LogP contribution is 2.48. The van der Waals surface area contributed by atoms with Gasteiger partial charge in [-0.2, -0.15) is 13.0 Å². The predicted molar refractivity (Wildman–Crippen MR) is 159 cm³/mol. The van der Waals surface area contributed by atoms with Crippen LogP contribution in [0.3, 0.4) is 0 Å². The fourth-order valence-corrected chi connectivity index (χ4v) is 7.84. The van der Waals surface area contributed by atoms with E-state index in [2.05, 4.69) is 89.3 Å². The molecule has 0 bridgehead atoms. The molecule has 5 nitrogen and oxygen atoms in total. The number of anilines is 1. The lowest BCUT2D eigenvalue weighted by Gasteiger charge is -2.20. The molecule has 0 saturated carbocycles. The Labute approximate surface area is 230 Å². The van der Waals surface area contributed by atoms with Gasteiger partial charge in [0.2, 0.25) is 5.52 Å². The zero-order valence-electron chi connectivity index (χ0n) is 20.9. The monoisotopic (exact) mass is 559 g/mol. The van der Waals surface area contributed by atoms with Crippen molar-refractivity contribution in [2.75, 3.05) is 17.2 Å². The van der Waals surface area contributed by atoms with Crippen LogP contribution in [-0.2, 0) is 17.2 Å². The lowest BCUT2D eigenvalue weighted by atomic mass is 10.0. The summed E-state index contributed by atoms with van der Waals surface area (Å²) in [5.74, 6) is -0.220. The average Bonchev–Trinajstić information content (AvgIpc) is 3.43. The van der Waals surface area contributed by atoms with Gasteiger partial charge in [0.15, 0.2) is 0 Å². The van der Waals surface area contributed by atoms with Crippen molar-refractivity contribution in [1.29, 1.82) is 0 Å². The summed E-state index contributed by atoms with van der Waals surface area (Å²) in [7, 11) is -1.84. The molecule has 4 aromatic carbocycles. The molecule has 5 aromatic rings. The fourth-order valence-electron chi connectivity index (χ4n) is 4.99. The Hall–Kier alpha value is -3.17. The molecule has 0 radical (unpaired) electrons. The Morgan fingerprint density at radius 3 is 2.53 bits per heavy atom. The van der Waals surface area contributed by atoms with Crippen LogP contribution in [0, 0.1) is 0 Å². The number of unbranched alkanes of at least 4 members (excludes halogenated alkanes) is 1. The first-order chi connectivity index (χ1) is 18.4. The molecule has 1 aromatic heterocycles. The molecule has 38 heavy (non-hydrogen) atoms. The molecule has 0 amide bonds. The van der Waals surface area contributed by atoms with E-state index in [1.165, 1.54) is 25.9 Å². The van der Waals surface area contributed by atoms with Gasteiger partial charge in [0, 0.05) is 11.4 Å². The van der Waals surface area contributed by atoms with Crippen molar-refractivity contribution < 1.29 is 17.5 Å². The summed E-state index contributed by atoms with van der Waals surface area (Å²) in [5.41, 5.74) is 4.66. The van der Waals surface area contributed by atoms with Gasteiger partial charge < -0.3 is 4.90 Å². The molecule has 0 aliphatic carbocycles. The Morgan fingerprint density at radius 2 is 1.71 bits per heavy atom. The molecule has 6 rings (SSSR count). The molecule has 0 fully saturated rings. The number of aromatic nitrogens is 1. The third-order valence-electron chi connectivity index (χ3n) is 6.86. The van der Waals surface area contributed by atoms with Crippen LogP contribution in [0.1, 0.15) is 17.8 Å². The first-order valence-electron chi connectivity index (χ1n) is 12.5. The summed E-state index contributed by atoms with van der Waals surface area (Å²) in [6.07, 6.45) is 3.30. The van der Waals surface area contributed by atoms with E-state index >= 15 is 0 Å². The van der Waals surface area contributed by atoms with E-state index in [9.17, 15) is 13.0 Å². The average molecular weight is 560 g/mol. The largest absolute Gasteiger partial charge is 0.335 e. The number of rotatable bonds is 7. The number of thioether (sulfide) groups is 1. The van der Waals surface area contributed by atoms with Gasteiger partial charge in [-0.1, -0.05) is 83.8 Å². The van der Waals surface area contributed by atoms with Gasteiger partial charge in [-0.15, -0.1) is 0 Å². The summed E-state index contributed by atoms with van der Waals surface area (Å²) in [4.78, 5) is 3.47. The van der Waals surface area contributed by atoms with Crippen LogP contribution in [0.5, 0.6) is 0 Å². The maximum Gasteiger partial charge on any atom is 0.265 e. The van der Waals surface area contributed by atoms with Crippen molar-refractivity contribution >= 4 is 66.0 Å². The first-order valence-corrected chi connectivity index (χ1v) is 15.7. The van der Waals surface area contributed by atoms with Crippen LogP contribution in [0.4, 0.5) is 5.69 Å². The minimum atomic E-state index is -3.96. The predicted octanol–water partition coefficient (Wildman–Crippen LogP) is 7.12. The number of benzene rings is 4. The zero-order valence-corrected chi connectivity index (χ0v) is 23.3. The number of aryl methyl sites for hydroxylation is 1. The molecule has 1 aliphatic heterocycles. The Balaban J connectivity index is 1.39. The Kier molecular flexibility index (Phi) is 6.74. The van der Waals surface area contributed by atoms with E-state index in [4.69, 9.17) is 0 Å². The molecule has 1 N–H and O–H groups in total. The van der Waals surface area contributed by atoms with Gasteiger partial charge in [0.25, 0.3) is 15.1 Å². The summed E-state index contributed by atoms with van der Waals surface area (Å²) in [6, 6.07) is 29.7. The molecule has 192 valence electrons. The third kappa shape index (κ3) is 4.97. The van der Waals surface area contributed by atoms with Gasteiger partial charge in [-0.3, -0.25) is 4.55 Å². The highest BCUT2D eigenvalue weighted by molar-refractivity contribution is 8.03. The minimum Gasteiger partial charge on any atom is -0.335 e.